The first-order valence-electron chi connectivity index (χ1n) is 5.90. The molecule has 1 aliphatic carbocycles. The molecule has 94 valence electrons. The maximum atomic E-state index is 13.9. The zero-order valence-corrected chi connectivity index (χ0v) is 10.9. The van der Waals surface area contributed by atoms with Crippen molar-refractivity contribution in [1.29, 1.82) is 0 Å². The lowest BCUT2D eigenvalue weighted by atomic mass is 9.89. The SMILES string of the molecule is CNCC1(C(NC)c2cc(Cl)ccc2F)CC1. The van der Waals surface area contributed by atoms with Gasteiger partial charge in [0.05, 0.1) is 0 Å². The fourth-order valence-electron chi connectivity index (χ4n) is 2.61. The lowest BCUT2D eigenvalue weighted by molar-refractivity contribution is 0.337. The van der Waals surface area contributed by atoms with Gasteiger partial charge in [0.1, 0.15) is 5.82 Å². The van der Waals surface area contributed by atoms with Gasteiger partial charge in [-0.05, 0) is 45.1 Å². The van der Waals surface area contributed by atoms with Crippen LogP contribution in [0.4, 0.5) is 4.39 Å². The third-order valence-corrected chi connectivity index (χ3v) is 3.83. The van der Waals surface area contributed by atoms with Crippen LogP contribution in [-0.2, 0) is 0 Å². The van der Waals surface area contributed by atoms with Crippen LogP contribution < -0.4 is 10.6 Å². The zero-order chi connectivity index (χ0) is 12.5. The Balaban J connectivity index is 2.32. The number of hydrogen-bond donors (Lipinski definition) is 2. The summed E-state index contributed by atoms with van der Waals surface area (Å²) in [6.45, 7) is 0.893. The molecular formula is C13H18ClFN2. The van der Waals surface area contributed by atoms with Crippen molar-refractivity contribution >= 4 is 11.6 Å². The van der Waals surface area contributed by atoms with Crippen molar-refractivity contribution < 1.29 is 4.39 Å². The van der Waals surface area contributed by atoms with E-state index < -0.39 is 0 Å². The van der Waals surface area contributed by atoms with Gasteiger partial charge in [0.25, 0.3) is 0 Å². The highest BCUT2D eigenvalue weighted by atomic mass is 35.5. The summed E-state index contributed by atoms with van der Waals surface area (Å²) < 4.78 is 13.9. The monoisotopic (exact) mass is 256 g/mol. The van der Waals surface area contributed by atoms with E-state index in [2.05, 4.69) is 10.6 Å². The van der Waals surface area contributed by atoms with E-state index in [0.717, 1.165) is 19.4 Å². The van der Waals surface area contributed by atoms with Crippen molar-refractivity contribution in [1.82, 2.24) is 10.6 Å². The van der Waals surface area contributed by atoms with E-state index in [9.17, 15) is 4.39 Å². The molecular weight excluding hydrogens is 239 g/mol. The highest BCUT2D eigenvalue weighted by Gasteiger charge is 2.49. The van der Waals surface area contributed by atoms with Gasteiger partial charge in [-0.1, -0.05) is 11.6 Å². The predicted octanol–water partition coefficient (Wildman–Crippen LogP) is 2.74. The molecule has 1 fully saturated rings. The van der Waals surface area contributed by atoms with Gasteiger partial charge in [0.2, 0.25) is 0 Å². The largest absolute Gasteiger partial charge is 0.319 e. The van der Waals surface area contributed by atoms with E-state index in [-0.39, 0.29) is 17.3 Å². The van der Waals surface area contributed by atoms with E-state index in [0.29, 0.717) is 10.6 Å². The first kappa shape index (κ1) is 12.8. The highest BCUT2D eigenvalue weighted by molar-refractivity contribution is 6.30. The van der Waals surface area contributed by atoms with Crippen molar-refractivity contribution in [2.24, 2.45) is 5.41 Å². The van der Waals surface area contributed by atoms with Gasteiger partial charge in [-0.2, -0.15) is 0 Å². The van der Waals surface area contributed by atoms with Gasteiger partial charge < -0.3 is 10.6 Å². The van der Waals surface area contributed by atoms with Gasteiger partial charge in [-0.15, -0.1) is 0 Å². The maximum absolute atomic E-state index is 13.9. The Kier molecular flexibility index (Phi) is 3.71. The average Bonchev–Trinajstić information content (AvgIpc) is 3.05. The Morgan fingerprint density at radius 3 is 2.65 bits per heavy atom. The first-order valence-corrected chi connectivity index (χ1v) is 6.27. The van der Waals surface area contributed by atoms with Crippen LogP contribution in [0, 0.1) is 11.2 Å². The summed E-state index contributed by atoms with van der Waals surface area (Å²) in [5, 5.41) is 7.01. The second-order valence-electron chi connectivity index (χ2n) is 4.78. The Hall–Kier alpha value is -0.640. The molecule has 0 saturated heterocycles. The third kappa shape index (κ3) is 2.46. The summed E-state index contributed by atoms with van der Waals surface area (Å²) in [6, 6.07) is 4.78. The average molecular weight is 257 g/mol. The fraction of sp³-hybridized carbons (Fsp3) is 0.538. The summed E-state index contributed by atoms with van der Waals surface area (Å²) in [5.74, 6) is -0.184. The lowest BCUT2D eigenvalue weighted by Gasteiger charge is -2.27. The Bertz CT molecular complexity index is 404. The standard InChI is InChI=1S/C13H18ClFN2/c1-16-8-13(5-6-13)12(17-2)10-7-9(14)3-4-11(10)15/h3-4,7,12,16-17H,5-6,8H2,1-2H3. The van der Waals surface area contributed by atoms with Crippen LogP contribution in [0.15, 0.2) is 18.2 Å². The molecule has 4 heteroatoms. The minimum atomic E-state index is -0.184. The van der Waals surface area contributed by atoms with Crippen LogP contribution in [-0.4, -0.2) is 20.6 Å². The molecule has 0 amide bonds. The molecule has 1 aliphatic rings. The molecule has 0 spiro atoms. The minimum Gasteiger partial charge on any atom is -0.319 e. The van der Waals surface area contributed by atoms with Crippen molar-refractivity contribution in [3.05, 3.63) is 34.6 Å². The van der Waals surface area contributed by atoms with Crippen LogP contribution in [0.3, 0.4) is 0 Å². The van der Waals surface area contributed by atoms with E-state index >= 15 is 0 Å². The van der Waals surface area contributed by atoms with Crippen LogP contribution in [0.5, 0.6) is 0 Å². The smallest absolute Gasteiger partial charge is 0.128 e. The van der Waals surface area contributed by atoms with Crippen LogP contribution in [0.2, 0.25) is 5.02 Å². The first-order chi connectivity index (χ1) is 8.13. The molecule has 0 bridgehead atoms. The van der Waals surface area contributed by atoms with Gasteiger partial charge in [0, 0.05) is 28.6 Å². The molecule has 2 N–H and O–H groups in total. The van der Waals surface area contributed by atoms with Gasteiger partial charge in [-0.25, -0.2) is 4.39 Å². The molecule has 2 rings (SSSR count). The quantitative estimate of drug-likeness (QED) is 0.847. The zero-order valence-electron chi connectivity index (χ0n) is 10.2. The molecule has 0 radical (unpaired) electrons. The molecule has 0 heterocycles. The summed E-state index contributed by atoms with van der Waals surface area (Å²) in [5.41, 5.74) is 0.808. The van der Waals surface area contributed by atoms with Crippen molar-refractivity contribution in [3.63, 3.8) is 0 Å². The molecule has 1 aromatic rings. The Labute approximate surface area is 107 Å². The topological polar surface area (TPSA) is 24.1 Å². The van der Waals surface area contributed by atoms with E-state index in [1.165, 1.54) is 6.07 Å². The Morgan fingerprint density at radius 2 is 2.12 bits per heavy atom. The van der Waals surface area contributed by atoms with Crippen LogP contribution in [0.25, 0.3) is 0 Å². The van der Waals surface area contributed by atoms with Crippen molar-refractivity contribution in [3.8, 4) is 0 Å². The molecule has 0 aliphatic heterocycles. The van der Waals surface area contributed by atoms with E-state index in [4.69, 9.17) is 11.6 Å². The third-order valence-electron chi connectivity index (χ3n) is 3.59. The van der Waals surface area contributed by atoms with Gasteiger partial charge in [0.15, 0.2) is 0 Å². The molecule has 1 saturated carbocycles. The number of halogens is 2. The molecule has 1 aromatic carbocycles. The summed E-state index contributed by atoms with van der Waals surface area (Å²) >= 11 is 5.96. The maximum Gasteiger partial charge on any atom is 0.128 e. The molecule has 1 unspecified atom stereocenters. The fourth-order valence-corrected chi connectivity index (χ4v) is 2.79. The molecule has 0 aromatic heterocycles. The van der Waals surface area contributed by atoms with E-state index in [1.54, 1.807) is 12.1 Å². The van der Waals surface area contributed by atoms with Gasteiger partial charge >= 0.3 is 0 Å². The summed E-state index contributed by atoms with van der Waals surface area (Å²) in [4.78, 5) is 0. The number of nitrogens with one attached hydrogen (secondary N) is 2. The van der Waals surface area contributed by atoms with Crippen LogP contribution >= 0.6 is 11.6 Å². The summed E-state index contributed by atoms with van der Waals surface area (Å²) in [6.07, 6.45) is 2.23. The highest BCUT2D eigenvalue weighted by Crippen LogP contribution is 2.54. The number of benzene rings is 1. The normalized spacial score (nSPS) is 19.1. The second-order valence-corrected chi connectivity index (χ2v) is 5.22. The van der Waals surface area contributed by atoms with Gasteiger partial charge in [-0.3, -0.25) is 0 Å². The molecule has 1 atom stereocenters. The van der Waals surface area contributed by atoms with Crippen molar-refractivity contribution in [2.45, 2.75) is 18.9 Å². The van der Waals surface area contributed by atoms with E-state index in [1.807, 2.05) is 14.1 Å². The lowest BCUT2D eigenvalue weighted by Crippen LogP contribution is -2.34. The molecule has 17 heavy (non-hydrogen) atoms. The van der Waals surface area contributed by atoms with Crippen LogP contribution in [0.1, 0.15) is 24.4 Å². The number of rotatable bonds is 5. The Morgan fingerprint density at radius 1 is 1.41 bits per heavy atom. The predicted molar refractivity (Wildman–Crippen MR) is 68.8 cm³/mol. The number of hydrogen-bond acceptors (Lipinski definition) is 2. The van der Waals surface area contributed by atoms with Crippen molar-refractivity contribution in [2.75, 3.05) is 20.6 Å². The minimum absolute atomic E-state index is 0.0219. The summed E-state index contributed by atoms with van der Waals surface area (Å²) in [7, 11) is 3.81. The molecule has 2 nitrogen and oxygen atoms in total. The second kappa shape index (κ2) is 4.92.